The SMILES string of the molecule is CCOc1ccc(C2=Cc3nccn3C(CCc3ccccc3)C#C2)cc1OC. The Morgan fingerprint density at radius 2 is 1.97 bits per heavy atom. The lowest BCUT2D eigenvalue weighted by atomic mass is 10.0. The molecule has 1 aliphatic rings. The molecule has 0 aliphatic carbocycles. The van der Waals surface area contributed by atoms with Gasteiger partial charge in [0.2, 0.25) is 0 Å². The Labute approximate surface area is 171 Å². The fourth-order valence-corrected chi connectivity index (χ4v) is 3.52. The monoisotopic (exact) mass is 384 g/mol. The van der Waals surface area contributed by atoms with Crippen LogP contribution >= 0.6 is 0 Å². The number of fused-ring (bicyclic) bond motifs is 1. The molecule has 1 unspecified atom stereocenters. The van der Waals surface area contributed by atoms with Gasteiger partial charge >= 0.3 is 0 Å². The minimum Gasteiger partial charge on any atom is -0.493 e. The summed E-state index contributed by atoms with van der Waals surface area (Å²) < 4.78 is 13.3. The third-order valence-electron chi connectivity index (χ3n) is 5.01. The first-order valence-corrected chi connectivity index (χ1v) is 9.89. The molecule has 1 atom stereocenters. The van der Waals surface area contributed by atoms with Crippen molar-refractivity contribution < 1.29 is 9.47 Å². The summed E-state index contributed by atoms with van der Waals surface area (Å²) in [4.78, 5) is 4.54. The lowest BCUT2D eigenvalue weighted by Crippen LogP contribution is -2.08. The van der Waals surface area contributed by atoms with E-state index in [9.17, 15) is 0 Å². The molecule has 0 saturated heterocycles. The number of rotatable bonds is 7. The molecule has 146 valence electrons. The molecule has 4 rings (SSSR count). The third kappa shape index (κ3) is 4.20. The Morgan fingerprint density at radius 3 is 2.76 bits per heavy atom. The molecule has 4 nitrogen and oxygen atoms in total. The van der Waals surface area contributed by atoms with Crippen molar-refractivity contribution in [1.29, 1.82) is 0 Å². The Bertz CT molecular complexity index is 1070. The molecule has 0 radical (unpaired) electrons. The van der Waals surface area contributed by atoms with Crippen LogP contribution < -0.4 is 9.47 Å². The fourth-order valence-electron chi connectivity index (χ4n) is 3.52. The van der Waals surface area contributed by atoms with E-state index < -0.39 is 0 Å². The van der Waals surface area contributed by atoms with Crippen molar-refractivity contribution in [2.24, 2.45) is 0 Å². The van der Waals surface area contributed by atoms with Crippen LogP contribution in [-0.4, -0.2) is 23.3 Å². The number of hydrogen-bond acceptors (Lipinski definition) is 3. The molecule has 0 fully saturated rings. The van der Waals surface area contributed by atoms with Gasteiger partial charge in [0, 0.05) is 18.0 Å². The second-order valence-electron chi connectivity index (χ2n) is 6.86. The first kappa shape index (κ1) is 18.9. The predicted molar refractivity (Wildman–Crippen MR) is 116 cm³/mol. The zero-order chi connectivity index (χ0) is 20.1. The van der Waals surface area contributed by atoms with Crippen LogP contribution in [0, 0.1) is 11.8 Å². The number of methoxy groups -OCH3 is 1. The Kier molecular flexibility index (Phi) is 5.67. The van der Waals surface area contributed by atoms with Crippen molar-refractivity contribution >= 4 is 11.6 Å². The predicted octanol–water partition coefficient (Wildman–Crippen LogP) is 5.02. The topological polar surface area (TPSA) is 36.3 Å². The van der Waals surface area contributed by atoms with Crippen LogP contribution in [0.5, 0.6) is 11.5 Å². The molecule has 0 saturated carbocycles. The molecule has 0 spiro atoms. The van der Waals surface area contributed by atoms with E-state index in [1.165, 1.54) is 5.56 Å². The van der Waals surface area contributed by atoms with Gasteiger partial charge in [-0.05, 0) is 55.2 Å². The quantitative estimate of drug-likeness (QED) is 0.537. The Balaban J connectivity index is 1.62. The lowest BCUT2D eigenvalue weighted by molar-refractivity contribution is 0.311. The van der Waals surface area contributed by atoms with Crippen LogP contribution in [0.4, 0.5) is 0 Å². The van der Waals surface area contributed by atoms with Gasteiger partial charge in [-0.3, -0.25) is 0 Å². The molecule has 4 heteroatoms. The van der Waals surface area contributed by atoms with Crippen LogP contribution in [0.15, 0.2) is 60.9 Å². The third-order valence-corrected chi connectivity index (χ3v) is 5.01. The molecule has 1 aliphatic heterocycles. The van der Waals surface area contributed by atoms with Gasteiger partial charge in [0.15, 0.2) is 11.5 Å². The number of ether oxygens (including phenoxy) is 2. The van der Waals surface area contributed by atoms with E-state index in [4.69, 9.17) is 9.47 Å². The maximum Gasteiger partial charge on any atom is 0.161 e. The van der Waals surface area contributed by atoms with Gasteiger partial charge in [-0.25, -0.2) is 4.98 Å². The zero-order valence-corrected chi connectivity index (χ0v) is 16.8. The number of allylic oxidation sites excluding steroid dienone is 1. The number of nitrogens with zero attached hydrogens (tertiary/aromatic N) is 2. The first-order chi connectivity index (χ1) is 14.3. The van der Waals surface area contributed by atoms with Crippen LogP contribution in [0.2, 0.25) is 0 Å². The van der Waals surface area contributed by atoms with E-state index in [1.54, 1.807) is 7.11 Å². The van der Waals surface area contributed by atoms with E-state index in [2.05, 4.69) is 45.7 Å². The van der Waals surface area contributed by atoms with Gasteiger partial charge < -0.3 is 14.0 Å². The van der Waals surface area contributed by atoms with E-state index >= 15 is 0 Å². The zero-order valence-electron chi connectivity index (χ0n) is 16.8. The lowest BCUT2D eigenvalue weighted by Gasteiger charge is -2.13. The summed E-state index contributed by atoms with van der Waals surface area (Å²) in [5, 5.41) is 0. The van der Waals surface area contributed by atoms with Gasteiger partial charge in [-0.15, -0.1) is 0 Å². The minimum absolute atomic E-state index is 0.0889. The van der Waals surface area contributed by atoms with Crippen LogP contribution in [-0.2, 0) is 6.42 Å². The van der Waals surface area contributed by atoms with E-state index in [1.807, 2.05) is 49.7 Å². The number of imidazole rings is 1. The summed E-state index contributed by atoms with van der Waals surface area (Å²) in [5.41, 5.74) is 3.25. The molecular formula is C25H24N2O2. The average Bonchev–Trinajstić information content (AvgIpc) is 3.15. The molecule has 0 amide bonds. The molecule has 2 heterocycles. The van der Waals surface area contributed by atoms with Crippen LogP contribution in [0.3, 0.4) is 0 Å². The minimum atomic E-state index is 0.0889. The first-order valence-electron chi connectivity index (χ1n) is 9.89. The van der Waals surface area contributed by atoms with Gasteiger partial charge in [0.1, 0.15) is 5.82 Å². The maximum atomic E-state index is 5.63. The van der Waals surface area contributed by atoms with Gasteiger partial charge in [0.25, 0.3) is 0 Å². The highest BCUT2D eigenvalue weighted by Crippen LogP contribution is 2.32. The highest BCUT2D eigenvalue weighted by Gasteiger charge is 2.16. The summed E-state index contributed by atoms with van der Waals surface area (Å²) in [6, 6.07) is 16.5. The average molecular weight is 384 g/mol. The summed E-state index contributed by atoms with van der Waals surface area (Å²) in [6.45, 7) is 2.56. The fraction of sp³-hybridized carbons (Fsp3) is 0.240. The summed E-state index contributed by atoms with van der Waals surface area (Å²) >= 11 is 0. The van der Waals surface area contributed by atoms with Crippen molar-refractivity contribution in [3.8, 4) is 23.3 Å². The number of benzene rings is 2. The van der Waals surface area contributed by atoms with E-state index in [0.29, 0.717) is 12.4 Å². The summed E-state index contributed by atoms with van der Waals surface area (Å²) in [7, 11) is 1.65. The normalized spacial score (nSPS) is 14.8. The van der Waals surface area contributed by atoms with Crippen molar-refractivity contribution in [1.82, 2.24) is 9.55 Å². The molecule has 2 aromatic carbocycles. The number of hydrogen-bond donors (Lipinski definition) is 0. The molecule has 0 N–H and O–H groups in total. The molecule has 0 bridgehead atoms. The molecular weight excluding hydrogens is 360 g/mol. The van der Waals surface area contributed by atoms with E-state index in [-0.39, 0.29) is 6.04 Å². The maximum absolute atomic E-state index is 5.63. The smallest absolute Gasteiger partial charge is 0.161 e. The Morgan fingerprint density at radius 1 is 1.10 bits per heavy atom. The summed E-state index contributed by atoms with van der Waals surface area (Å²) in [6.07, 6.45) is 7.81. The molecule has 3 aromatic rings. The van der Waals surface area contributed by atoms with Gasteiger partial charge in [-0.2, -0.15) is 0 Å². The standard InChI is InChI=1S/C25H24N2O2/c1-3-29-23-14-11-20(17-24(23)28-2)21-10-13-22(27-16-15-26-25(27)18-21)12-9-19-7-5-4-6-8-19/h4-8,11,14-18,22H,3,9,12H2,1-2H3. The van der Waals surface area contributed by atoms with Gasteiger partial charge in [0.05, 0.1) is 19.8 Å². The van der Waals surface area contributed by atoms with Crippen molar-refractivity contribution in [3.05, 3.63) is 77.9 Å². The van der Waals surface area contributed by atoms with Gasteiger partial charge in [-0.1, -0.05) is 42.2 Å². The van der Waals surface area contributed by atoms with Crippen LogP contribution in [0.1, 0.15) is 36.3 Å². The van der Waals surface area contributed by atoms with Crippen molar-refractivity contribution in [2.45, 2.75) is 25.8 Å². The van der Waals surface area contributed by atoms with E-state index in [0.717, 1.165) is 35.6 Å². The second kappa shape index (κ2) is 8.70. The number of aryl methyl sites for hydroxylation is 1. The number of aromatic nitrogens is 2. The largest absolute Gasteiger partial charge is 0.493 e. The molecule has 29 heavy (non-hydrogen) atoms. The highest BCUT2D eigenvalue weighted by atomic mass is 16.5. The van der Waals surface area contributed by atoms with Crippen molar-refractivity contribution in [2.75, 3.05) is 13.7 Å². The highest BCUT2D eigenvalue weighted by molar-refractivity contribution is 5.91. The summed E-state index contributed by atoms with van der Waals surface area (Å²) in [5.74, 6) is 9.18. The Hall–Kier alpha value is -3.45. The van der Waals surface area contributed by atoms with Crippen molar-refractivity contribution in [3.63, 3.8) is 0 Å². The second-order valence-corrected chi connectivity index (χ2v) is 6.86. The van der Waals surface area contributed by atoms with Crippen LogP contribution in [0.25, 0.3) is 11.6 Å². The molecule has 1 aromatic heterocycles.